The minimum atomic E-state index is 0.0310. The van der Waals surface area contributed by atoms with E-state index < -0.39 is 0 Å². The highest BCUT2D eigenvalue weighted by atomic mass is 16.1. The second kappa shape index (κ2) is 8.35. The Morgan fingerprint density at radius 2 is 1.92 bits per heavy atom. The van der Waals surface area contributed by atoms with Gasteiger partial charge < -0.3 is 10.2 Å². The van der Waals surface area contributed by atoms with Gasteiger partial charge in [0.2, 0.25) is 5.91 Å². The minimum absolute atomic E-state index is 0.0310. The zero-order chi connectivity index (χ0) is 17.8. The lowest BCUT2D eigenvalue weighted by Gasteiger charge is -2.39. The van der Waals surface area contributed by atoms with E-state index in [9.17, 15) is 4.79 Å². The van der Waals surface area contributed by atoms with Crippen LogP contribution in [0.5, 0.6) is 0 Å². The van der Waals surface area contributed by atoms with E-state index in [4.69, 9.17) is 0 Å². The number of hydrogen-bond acceptors (Lipinski definition) is 3. The second-order valence-corrected chi connectivity index (χ2v) is 8.11. The number of rotatable bonds is 5. The standard InChI is InChI=1S/C20H34N4O/c1-15(19-14-23(3)22-16(19)2)21-20(25)13-17-9-11-24(12-10-17)18-7-5-4-6-8-18/h14-15,17-18H,4-13H2,1-3H3,(H,21,25). The molecule has 3 rings (SSSR count). The summed E-state index contributed by atoms with van der Waals surface area (Å²) in [5.41, 5.74) is 2.11. The maximum Gasteiger partial charge on any atom is 0.220 e. The topological polar surface area (TPSA) is 50.2 Å². The van der Waals surface area contributed by atoms with E-state index >= 15 is 0 Å². The molecular weight excluding hydrogens is 312 g/mol. The molecule has 140 valence electrons. The highest BCUT2D eigenvalue weighted by Crippen LogP contribution is 2.28. The third-order valence-electron chi connectivity index (χ3n) is 6.11. The third kappa shape index (κ3) is 4.84. The quantitative estimate of drug-likeness (QED) is 0.889. The van der Waals surface area contributed by atoms with Crippen LogP contribution in [0.1, 0.15) is 75.6 Å². The second-order valence-electron chi connectivity index (χ2n) is 8.11. The average molecular weight is 347 g/mol. The Morgan fingerprint density at radius 3 is 2.52 bits per heavy atom. The molecule has 5 nitrogen and oxygen atoms in total. The molecule has 2 fully saturated rings. The van der Waals surface area contributed by atoms with Gasteiger partial charge in [-0.2, -0.15) is 5.10 Å². The summed E-state index contributed by atoms with van der Waals surface area (Å²) < 4.78 is 1.81. The first kappa shape index (κ1) is 18.4. The Labute approximate surface area is 152 Å². The van der Waals surface area contributed by atoms with Gasteiger partial charge in [-0.1, -0.05) is 19.3 Å². The fraction of sp³-hybridized carbons (Fsp3) is 0.800. The van der Waals surface area contributed by atoms with Crippen molar-refractivity contribution >= 4 is 5.91 Å². The smallest absolute Gasteiger partial charge is 0.220 e. The van der Waals surface area contributed by atoms with Crippen LogP contribution in [0.25, 0.3) is 0 Å². The molecule has 1 atom stereocenters. The predicted octanol–water partition coefficient (Wildman–Crippen LogP) is 3.34. The molecule has 1 aromatic rings. The van der Waals surface area contributed by atoms with Crippen LogP contribution in [0.2, 0.25) is 0 Å². The van der Waals surface area contributed by atoms with Crippen molar-refractivity contribution < 1.29 is 4.79 Å². The van der Waals surface area contributed by atoms with Crippen LogP contribution in [0.4, 0.5) is 0 Å². The molecule has 2 heterocycles. The van der Waals surface area contributed by atoms with Crippen molar-refractivity contribution in [1.29, 1.82) is 0 Å². The van der Waals surface area contributed by atoms with Crippen LogP contribution in [-0.2, 0) is 11.8 Å². The minimum Gasteiger partial charge on any atom is -0.349 e. The number of nitrogens with one attached hydrogen (secondary N) is 1. The zero-order valence-corrected chi connectivity index (χ0v) is 16.1. The molecule has 25 heavy (non-hydrogen) atoms. The summed E-state index contributed by atoms with van der Waals surface area (Å²) in [6, 6.07) is 0.848. The monoisotopic (exact) mass is 346 g/mol. The Balaban J connectivity index is 1.42. The Kier molecular flexibility index (Phi) is 6.15. The summed E-state index contributed by atoms with van der Waals surface area (Å²) in [5.74, 6) is 0.730. The molecule has 1 aromatic heterocycles. The van der Waals surface area contributed by atoms with Gasteiger partial charge in [-0.15, -0.1) is 0 Å². The molecule has 1 aliphatic carbocycles. The largest absolute Gasteiger partial charge is 0.349 e. The van der Waals surface area contributed by atoms with Crippen molar-refractivity contribution in [2.75, 3.05) is 13.1 Å². The lowest BCUT2D eigenvalue weighted by atomic mass is 9.88. The van der Waals surface area contributed by atoms with Gasteiger partial charge in [0.25, 0.3) is 0 Å². The Morgan fingerprint density at radius 1 is 1.24 bits per heavy atom. The summed E-state index contributed by atoms with van der Waals surface area (Å²) in [5, 5.41) is 7.53. The number of aromatic nitrogens is 2. The van der Waals surface area contributed by atoms with Crippen LogP contribution in [0.3, 0.4) is 0 Å². The lowest BCUT2D eigenvalue weighted by Crippen LogP contribution is -2.43. The van der Waals surface area contributed by atoms with Gasteiger partial charge in [0.05, 0.1) is 11.7 Å². The molecule has 1 N–H and O–H groups in total. The number of aryl methyl sites for hydroxylation is 2. The SMILES string of the molecule is Cc1nn(C)cc1C(C)NC(=O)CC1CCN(C2CCCCC2)CC1. The van der Waals surface area contributed by atoms with Crippen LogP contribution >= 0.6 is 0 Å². The van der Waals surface area contributed by atoms with E-state index in [1.807, 2.05) is 31.8 Å². The lowest BCUT2D eigenvalue weighted by molar-refractivity contribution is -0.123. The van der Waals surface area contributed by atoms with E-state index in [0.717, 1.165) is 17.3 Å². The molecule has 0 radical (unpaired) electrons. The number of likely N-dealkylation sites (tertiary alicyclic amines) is 1. The Hall–Kier alpha value is -1.36. The first-order valence-corrected chi connectivity index (χ1v) is 10.1. The fourth-order valence-corrected chi connectivity index (χ4v) is 4.65. The van der Waals surface area contributed by atoms with Gasteiger partial charge in [-0.05, 0) is 58.5 Å². The highest BCUT2D eigenvalue weighted by Gasteiger charge is 2.27. The zero-order valence-electron chi connectivity index (χ0n) is 16.1. The number of nitrogens with zero attached hydrogens (tertiary/aromatic N) is 3. The van der Waals surface area contributed by atoms with Crippen molar-refractivity contribution in [2.45, 2.75) is 77.3 Å². The molecule has 0 bridgehead atoms. The first-order chi connectivity index (χ1) is 12.0. The van der Waals surface area contributed by atoms with Crippen molar-refractivity contribution in [3.8, 4) is 0 Å². The van der Waals surface area contributed by atoms with Gasteiger partial charge >= 0.3 is 0 Å². The number of hydrogen-bond donors (Lipinski definition) is 1. The average Bonchev–Trinajstić information content (AvgIpc) is 2.95. The summed E-state index contributed by atoms with van der Waals surface area (Å²) >= 11 is 0. The van der Waals surface area contributed by atoms with Crippen LogP contribution in [0.15, 0.2) is 6.20 Å². The first-order valence-electron chi connectivity index (χ1n) is 10.1. The Bertz CT molecular complexity index is 568. The van der Waals surface area contributed by atoms with Crippen molar-refractivity contribution in [1.82, 2.24) is 20.0 Å². The predicted molar refractivity (Wildman–Crippen MR) is 100 cm³/mol. The molecule has 0 spiro atoms. The van der Waals surface area contributed by atoms with Crippen LogP contribution in [-0.4, -0.2) is 39.7 Å². The van der Waals surface area contributed by atoms with E-state index in [2.05, 4.69) is 15.3 Å². The van der Waals surface area contributed by atoms with Crippen molar-refractivity contribution in [2.24, 2.45) is 13.0 Å². The molecule has 1 aliphatic heterocycles. The molecule has 1 unspecified atom stereocenters. The maximum atomic E-state index is 12.4. The van der Waals surface area contributed by atoms with Gasteiger partial charge in [-0.25, -0.2) is 0 Å². The van der Waals surface area contributed by atoms with E-state index in [-0.39, 0.29) is 11.9 Å². The molecule has 1 amide bonds. The highest BCUT2D eigenvalue weighted by molar-refractivity contribution is 5.76. The third-order valence-corrected chi connectivity index (χ3v) is 6.11. The fourth-order valence-electron chi connectivity index (χ4n) is 4.65. The molecule has 2 aliphatic rings. The normalized spacial score (nSPS) is 22.0. The number of carbonyl (C=O) groups is 1. The van der Waals surface area contributed by atoms with E-state index in [0.29, 0.717) is 12.3 Å². The van der Waals surface area contributed by atoms with Crippen LogP contribution in [0, 0.1) is 12.8 Å². The number of carbonyl (C=O) groups excluding carboxylic acids is 1. The van der Waals surface area contributed by atoms with Gasteiger partial charge in [-0.3, -0.25) is 9.48 Å². The molecule has 0 aromatic carbocycles. The summed E-state index contributed by atoms with van der Waals surface area (Å²) in [7, 11) is 1.92. The maximum absolute atomic E-state index is 12.4. The molecule has 1 saturated carbocycles. The number of piperidine rings is 1. The van der Waals surface area contributed by atoms with Gasteiger partial charge in [0.15, 0.2) is 0 Å². The molecule has 1 saturated heterocycles. The molecule has 5 heteroatoms. The summed E-state index contributed by atoms with van der Waals surface area (Å²) in [6.45, 7) is 6.41. The molecular formula is C20H34N4O. The van der Waals surface area contributed by atoms with E-state index in [1.165, 1.54) is 58.0 Å². The van der Waals surface area contributed by atoms with Gasteiger partial charge in [0, 0.05) is 31.3 Å². The summed E-state index contributed by atoms with van der Waals surface area (Å²) in [6.07, 6.45) is 12.0. The van der Waals surface area contributed by atoms with Gasteiger partial charge in [0.1, 0.15) is 0 Å². The number of amides is 1. The van der Waals surface area contributed by atoms with Crippen molar-refractivity contribution in [3.63, 3.8) is 0 Å². The van der Waals surface area contributed by atoms with Crippen LogP contribution < -0.4 is 5.32 Å². The summed E-state index contributed by atoms with van der Waals surface area (Å²) in [4.78, 5) is 15.1. The van der Waals surface area contributed by atoms with E-state index in [1.54, 1.807) is 0 Å². The van der Waals surface area contributed by atoms with Crippen molar-refractivity contribution in [3.05, 3.63) is 17.5 Å².